The van der Waals surface area contributed by atoms with E-state index in [0.29, 0.717) is 27.4 Å². The van der Waals surface area contributed by atoms with Gasteiger partial charge in [-0.2, -0.15) is 0 Å². The van der Waals surface area contributed by atoms with Gasteiger partial charge in [-0.1, -0.05) is 5.16 Å². The van der Waals surface area contributed by atoms with Crippen LogP contribution in [0.5, 0.6) is 11.5 Å². The Hall–Kier alpha value is -2.02. The zero-order chi connectivity index (χ0) is 14.7. The molecule has 1 aromatic heterocycles. The zero-order valence-corrected chi connectivity index (χ0v) is 12.4. The van der Waals surface area contributed by atoms with Crippen molar-refractivity contribution in [3.05, 3.63) is 39.7 Å². The van der Waals surface area contributed by atoms with E-state index in [1.807, 2.05) is 0 Å². The summed E-state index contributed by atoms with van der Waals surface area (Å²) in [5, 5.41) is 12.8. The summed E-state index contributed by atoms with van der Waals surface area (Å²) in [6.45, 7) is 1.98. The van der Waals surface area contributed by atoms with Crippen molar-refractivity contribution in [1.29, 1.82) is 0 Å². The molecular formula is C13H12BrNO5. The molecule has 0 amide bonds. The van der Waals surface area contributed by atoms with E-state index >= 15 is 0 Å². The maximum atomic E-state index is 11.0. The van der Waals surface area contributed by atoms with Crippen molar-refractivity contribution in [1.82, 2.24) is 5.16 Å². The van der Waals surface area contributed by atoms with Gasteiger partial charge in [-0.05, 0) is 35.0 Å². The highest BCUT2D eigenvalue weighted by molar-refractivity contribution is 9.10. The minimum Gasteiger partial charge on any atom is -0.493 e. The van der Waals surface area contributed by atoms with Crippen LogP contribution in [-0.2, 0) is 6.61 Å². The second-order valence-electron chi connectivity index (χ2n) is 4.01. The van der Waals surface area contributed by atoms with Crippen LogP contribution in [0.2, 0.25) is 0 Å². The summed E-state index contributed by atoms with van der Waals surface area (Å²) in [7, 11) is 1.44. The van der Waals surface area contributed by atoms with Crippen LogP contribution in [0.25, 0.3) is 0 Å². The standard InChI is InChI=1S/C13H12BrNO5/c1-7-3-9(15-20-7)6-19-12-10(14)4-8(13(16)17)5-11(12)18-2/h3-5H,6H2,1-2H3,(H,16,17). The summed E-state index contributed by atoms with van der Waals surface area (Å²) in [5.41, 5.74) is 0.747. The van der Waals surface area contributed by atoms with Crippen molar-refractivity contribution >= 4 is 21.9 Å². The van der Waals surface area contributed by atoms with Crippen LogP contribution in [0.4, 0.5) is 0 Å². The van der Waals surface area contributed by atoms with Crippen molar-refractivity contribution in [2.24, 2.45) is 0 Å². The fraction of sp³-hybridized carbons (Fsp3) is 0.231. The molecule has 0 saturated carbocycles. The van der Waals surface area contributed by atoms with Crippen molar-refractivity contribution in [2.45, 2.75) is 13.5 Å². The predicted octanol–water partition coefficient (Wildman–Crippen LogP) is 3.03. The molecule has 0 aliphatic rings. The summed E-state index contributed by atoms with van der Waals surface area (Å²) in [6.07, 6.45) is 0. The van der Waals surface area contributed by atoms with Gasteiger partial charge in [0.1, 0.15) is 18.1 Å². The van der Waals surface area contributed by atoms with Crippen LogP contribution in [0.1, 0.15) is 21.8 Å². The molecule has 0 radical (unpaired) electrons. The highest BCUT2D eigenvalue weighted by atomic mass is 79.9. The molecule has 0 atom stereocenters. The van der Waals surface area contributed by atoms with Gasteiger partial charge in [0.05, 0.1) is 17.1 Å². The lowest BCUT2D eigenvalue weighted by atomic mass is 10.2. The van der Waals surface area contributed by atoms with E-state index in [-0.39, 0.29) is 12.2 Å². The molecule has 0 bridgehead atoms. The molecule has 20 heavy (non-hydrogen) atoms. The first-order valence-corrected chi connectivity index (χ1v) is 6.46. The van der Waals surface area contributed by atoms with Crippen LogP contribution in [0.15, 0.2) is 27.2 Å². The van der Waals surface area contributed by atoms with Crippen LogP contribution >= 0.6 is 15.9 Å². The Labute approximate surface area is 123 Å². The summed E-state index contributed by atoms with van der Waals surface area (Å²) in [6, 6.07) is 4.61. The lowest BCUT2D eigenvalue weighted by Crippen LogP contribution is -2.02. The normalized spacial score (nSPS) is 10.3. The molecule has 0 aliphatic carbocycles. The Balaban J connectivity index is 2.24. The molecule has 0 fully saturated rings. The minimum absolute atomic E-state index is 0.110. The number of hydrogen-bond donors (Lipinski definition) is 1. The van der Waals surface area contributed by atoms with E-state index in [4.69, 9.17) is 19.1 Å². The average molecular weight is 342 g/mol. The topological polar surface area (TPSA) is 81.8 Å². The number of ether oxygens (including phenoxy) is 2. The van der Waals surface area contributed by atoms with Gasteiger partial charge in [-0.25, -0.2) is 4.79 Å². The number of aryl methyl sites for hydroxylation is 1. The first kappa shape index (κ1) is 14.4. The second-order valence-corrected chi connectivity index (χ2v) is 4.87. The molecule has 106 valence electrons. The number of aromatic nitrogens is 1. The van der Waals surface area contributed by atoms with Gasteiger partial charge in [-0.15, -0.1) is 0 Å². The zero-order valence-electron chi connectivity index (χ0n) is 10.8. The Kier molecular flexibility index (Phi) is 4.29. The van der Waals surface area contributed by atoms with Crippen LogP contribution in [-0.4, -0.2) is 23.3 Å². The van der Waals surface area contributed by atoms with Crippen LogP contribution < -0.4 is 9.47 Å². The number of rotatable bonds is 5. The third kappa shape index (κ3) is 3.11. The maximum absolute atomic E-state index is 11.0. The smallest absolute Gasteiger partial charge is 0.335 e. The average Bonchev–Trinajstić information content (AvgIpc) is 2.82. The Morgan fingerprint density at radius 2 is 2.20 bits per heavy atom. The summed E-state index contributed by atoms with van der Waals surface area (Å²) >= 11 is 3.27. The lowest BCUT2D eigenvalue weighted by molar-refractivity contribution is 0.0696. The number of benzene rings is 1. The van der Waals surface area contributed by atoms with Gasteiger partial charge in [0.25, 0.3) is 0 Å². The number of carboxylic acid groups (broad SMARTS) is 1. The Morgan fingerprint density at radius 1 is 1.45 bits per heavy atom. The molecular weight excluding hydrogens is 330 g/mol. The Bertz CT molecular complexity index is 638. The number of carbonyl (C=O) groups is 1. The number of halogens is 1. The van der Waals surface area contributed by atoms with Gasteiger partial charge in [0.2, 0.25) is 0 Å². The highest BCUT2D eigenvalue weighted by Crippen LogP contribution is 2.37. The molecule has 2 rings (SSSR count). The first-order valence-electron chi connectivity index (χ1n) is 5.67. The SMILES string of the molecule is COc1cc(C(=O)O)cc(Br)c1OCc1cc(C)on1. The van der Waals surface area contributed by atoms with E-state index in [1.54, 1.807) is 13.0 Å². The number of carboxylic acids is 1. The maximum Gasteiger partial charge on any atom is 0.335 e. The molecule has 2 aromatic rings. The van der Waals surface area contributed by atoms with Gasteiger partial charge < -0.3 is 19.1 Å². The van der Waals surface area contributed by atoms with Gasteiger partial charge in [0, 0.05) is 6.07 Å². The lowest BCUT2D eigenvalue weighted by Gasteiger charge is -2.12. The largest absolute Gasteiger partial charge is 0.493 e. The van der Waals surface area contributed by atoms with Gasteiger partial charge in [0.15, 0.2) is 11.5 Å². The van der Waals surface area contributed by atoms with Gasteiger partial charge >= 0.3 is 5.97 Å². The molecule has 0 aliphatic heterocycles. The van der Waals surface area contributed by atoms with E-state index < -0.39 is 5.97 Å². The fourth-order valence-electron chi connectivity index (χ4n) is 1.62. The molecule has 1 heterocycles. The highest BCUT2D eigenvalue weighted by Gasteiger charge is 2.15. The summed E-state index contributed by atoms with van der Waals surface area (Å²) in [4.78, 5) is 11.0. The molecule has 6 nitrogen and oxygen atoms in total. The van der Waals surface area contributed by atoms with E-state index in [1.165, 1.54) is 19.2 Å². The predicted molar refractivity (Wildman–Crippen MR) is 73.2 cm³/mol. The monoisotopic (exact) mass is 341 g/mol. The third-order valence-electron chi connectivity index (χ3n) is 2.52. The van der Waals surface area contributed by atoms with E-state index in [2.05, 4.69) is 21.1 Å². The van der Waals surface area contributed by atoms with Crippen LogP contribution in [0.3, 0.4) is 0 Å². The fourth-order valence-corrected chi connectivity index (χ4v) is 2.17. The quantitative estimate of drug-likeness (QED) is 0.899. The van der Waals surface area contributed by atoms with E-state index in [0.717, 1.165) is 0 Å². The summed E-state index contributed by atoms with van der Waals surface area (Å²) in [5.74, 6) is 0.397. The molecule has 1 aromatic carbocycles. The molecule has 0 spiro atoms. The van der Waals surface area contributed by atoms with Crippen molar-refractivity contribution in [3.8, 4) is 11.5 Å². The number of hydrogen-bond acceptors (Lipinski definition) is 5. The number of aromatic carboxylic acids is 1. The third-order valence-corrected chi connectivity index (χ3v) is 3.11. The molecule has 0 saturated heterocycles. The van der Waals surface area contributed by atoms with Gasteiger partial charge in [-0.3, -0.25) is 0 Å². The summed E-state index contributed by atoms with van der Waals surface area (Å²) < 4.78 is 16.2. The number of nitrogens with zero attached hydrogens (tertiary/aromatic N) is 1. The molecule has 7 heteroatoms. The molecule has 0 unspecified atom stereocenters. The first-order chi connectivity index (χ1) is 9.51. The minimum atomic E-state index is -1.04. The second kappa shape index (κ2) is 5.96. The van der Waals surface area contributed by atoms with E-state index in [9.17, 15) is 4.79 Å². The van der Waals surface area contributed by atoms with Crippen molar-refractivity contribution < 1.29 is 23.9 Å². The van der Waals surface area contributed by atoms with Crippen LogP contribution in [0, 0.1) is 6.92 Å². The van der Waals surface area contributed by atoms with Crippen molar-refractivity contribution in [3.63, 3.8) is 0 Å². The molecule has 1 N–H and O–H groups in total. The number of methoxy groups -OCH3 is 1. The Morgan fingerprint density at radius 3 is 2.75 bits per heavy atom. The van der Waals surface area contributed by atoms with Crippen molar-refractivity contribution in [2.75, 3.05) is 7.11 Å².